The smallest absolute Gasteiger partial charge is 0.266 e. The van der Waals surface area contributed by atoms with Crippen LogP contribution < -0.4 is 9.57 Å². The summed E-state index contributed by atoms with van der Waals surface area (Å²) in [5.41, 5.74) is 2.42. The minimum Gasteiger partial charge on any atom is -0.472 e. The lowest BCUT2D eigenvalue weighted by atomic mass is 9.98. The highest BCUT2D eigenvalue weighted by molar-refractivity contribution is 6.24. The summed E-state index contributed by atoms with van der Waals surface area (Å²) >= 11 is 5.44. The molecule has 0 spiro atoms. The molecular weight excluding hydrogens is 294 g/mol. The SMILES string of the molecule is O=C(NCl)c1cccc(C2CC2)c1COc1ccn(O)n1. The lowest BCUT2D eigenvalue weighted by Crippen LogP contribution is -2.17. The summed E-state index contributed by atoms with van der Waals surface area (Å²) in [6.45, 7) is 0.198. The number of carbonyl (C=O) groups excluding carboxylic acids is 1. The van der Waals surface area contributed by atoms with Gasteiger partial charge in [-0.3, -0.25) is 9.63 Å². The second-order valence-corrected chi connectivity index (χ2v) is 5.12. The molecule has 110 valence electrons. The topological polar surface area (TPSA) is 76.4 Å². The van der Waals surface area contributed by atoms with E-state index < -0.39 is 0 Å². The van der Waals surface area contributed by atoms with Crippen LogP contribution in [0.3, 0.4) is 0 Å². The standard InChI is InChI=1S/C14H14ClN3O3/c15-16-14(19)11-3-1-2-10(9-4-5-9)12(11)8-21-13-6-7-18(20)17-13/h1-3,6-7,9,20H,4-5,8H2,(H,16,19). The zero-order chi connectivity index (χ0) is 14.8. The molecule has 1 aliphatic carbocycles. The van der Waals surface area contributed by atoms with Gasteiger partial charge in [0.05, 0.1) is 6.20 Å². The molecule has 1 aliphatic rings. The average molecular weight is 308 g/mol. The maximum absolute atomic E-state index is 11.9. The van der Waals surface area contributed by atoms with Crippen LogP contribution in [0.2, 0.25) is 0 Å². The van der Waals surface area contributed by atoms with Crippen LogP contribution in [0.5, 0.6) is 5.88 Å². The fourth-order valence-electron chi connectivity index (χ4n) is 2.33. The normalized spacial score (nSPS) is 14.0. The molecule has 1 fully saturated rings. The molecule has 0 radical (unpaired) electrons. The van der Waals surface area contributed by atoms with Crippen molar-refractivity contribution in [3.05, 3.63) is 47.2 Å². The Morgan fingerprint density at radius 3 is 2.90 bits per heavy atom. The van der Waals surface area contributed by atoms with Crippen LogP contribution in [0.25, 0.3) is 0 Å². The van der Waals surface area contributed by atoms with E-state index in [0.717, 1.165) is 24.0 Å². The summed E-state index contributed by atoms with van der Waals surface area (Å²) in [4.78, 5) is 14.7. The first-order chi connectivity index (χ1) is 10.2. The third-order valence-corrected chi connectivity index (χ3v) is 3.65. The Labute approximate surface area is 126 Å². The van der Waals surface area contributed by atoms with Crippen molar-refractivity contribution in [1.29, 1.82) is 0 Å². The predicted octanol–water partition coefficient (Wildman–Crippen LogP) is 2.46. The number of halogens is 1. The van der Waals surface area contributed by atoms with Crippen molar-refractivity contribution in [3.63, 3.8) is 0 Å². The highest BCUT2D eigenvalue weighted by Gasteiger charge is 2.28. The van der Waals surface area contributed by atoms with Gasteiger partial charge in [-0.15, -0.1) is 4.85 Å². The van der Waals surface area contributed by atoms with E-state index in [1.165, 1.54) is 6.20 Å². The highest BCUT2D eigenvalue weighted by atomic mass is 35.5. The molecule has 0 bridgehead atoms. The molecule has 1 aromatic carbocycles. The van der Waals surface area contributed by atoms with Crippen LogP contribution in [-0.4, -0.2) is 21.1 Å². The average Bonchev–Trinajstić information content (AvgIpc) is 3.26. The van der Waals surface area contributed by atoms with Crippen molar-refractivity contribution in [3.8, 4) is 5.88 Å². The number of rotatable bonds is 5. The van der Waals surface area contributed by atoms with E-state index in [1.807, 2.05) is 12.1 Å². The van der Waals surface area contributed by atoms with Crippen molar-refractivity contribution >= 4 is 17.7 Å². The molecule has 0 saturated heterocycles. The van der Waals surface area contributed by atoms with Crippen molar-refractivity contribution in [2.75, 3.05) is 0 Å². The minimum atomic E-state index is -0.356. The van der Waals surface area contributed by atoms with E-state index >= 15 is 0 Å². The van der Waals surface area contributed by atoms with Gasteiger partial charge in [0.2, 0.25) is 5.88 Å². The van der Waals surface area contributed by atoms with Gasteiger partial charge in [-0.05, 0) is 30.4 Å². The lowest BCUT2D eigenvalue weighted by molar-refractivity contribution is 0.0978. The summed E-state index contributed by atoms with van der Waals surface area (Å²) in [5, 5.41) is 12.9. The molecule has 0 atom stereocenters. The zero-order valence-corrected chi connectivity index (χ0v) is 11.9. The van der Waals surface area contributed by atoms with E-state index in [2.05, 4.69) is 9.93 Å². The Hall–Kier alpha value is -2.21. The van der Waals surface area contributed by atoms with Gasteiger partial charge in [0, 0.05) is 29.0 Å². The fourth-order valence-corrected chi connectivity index (χ4v) is 2.43. The minimum absolute atomic E-state index is 0.198. The molecule has 21 heavy (non-hydrogen) atoms. The Balaban J connectivity index is 1.88. The lowest BCUT2D eigenvalue weighted by Gasteiger charge is -2.13. The van der Waals surface area contributed by atoms with Crippen LogP contribution >= 0.6 is 11.8 Å². The maximum atomic E-state index is 11.9. The van der Waals surface area contributed by atoms with Crippen LogP contribution in [0, 0.1) is 0 Å². The summed E-state index contributed by atoms with van der Waals surface area (Å²) < 4.78 is 5.55. The molecule has 0 unspecified atom stereocenters. The Bertz CT molecular complexity index is 667. The number of amides is 1. The van der Waals surface area contributed by atoms with Gasteiger partial charge < -0.3 is 9.94 Å². The monoisotopic (exact) mass is 307 g/mol. The molecule has 0 aliphatic heterocycles. The van der Waals surface area contributed by atoms with Gasteiger partial charge in [-0.2, -0.15) is 0 Å². The maximum Gasteiger partial charge on any atom is 0.266 e. The predicted molar refractivity (Wildman–Crippen MR) is 75.5 cm³/mol. The fraction of sp³-hybridized carbons (Fsp3) is 0.286. The first kappa shape index (κ1) is 13.8. The van der Waals surface area contributed by atoms with Crippen molar-refractivity contribution < 1.29 is 14.7 Å². The molecule has 2 aromatic rings. The van der Waals surface area contributed by atoms with Gasteiger partial charge >= 0.3 is 0 Å². The molecule has 2 N–H and O–H groups in total. The number of ether oxygens (including phenoxy) is 1. The molecular formula is C14H14ClN3O3. The van der Waals surface area contributed by atoms with E-state index in [1.54, 1.807) is 12.1 Å². The third-order valence-electron chi connectivity index (χ3n) is 3.48. The summed E-state index contributed by atoms with van der Waals surface area (Å²) in [6, 6.07) is 7.11. The van der Waals surface area contributed by atoms with Gasteiger partial charge in [0.1, 0.15) is 6.61 Å². The summed E-state index contributed by atoms with van der Waals surface area (Å²) in [5.74, 6) is 0.410. The van der Waals surface area contributed by atoms with Crippen LogP contribution in [0.4, 0.5) is 0 Å². The van der Waals surface area contributed by atoms with Gasteiger partial charge in [-0.25, -0.2) is 0 Å². The van der Waals surface area contributed by atoms with Gasteiger partial charge in [-0.1, -0.05) is 17.2 Å². The van der Waals surface area contributed by atoms with E-state index in [4.69, 9.17) is 21.7 Å². The van der Waals surface area contributed by atoms with Gasteiger partial charge in [0.25, 0.3) is 5.91 Å². The Kier molecular flexibility index (Phi) is 3.70. The number of benzene rings is 1. The number of nitrogens with zero attached hydrogens (tertiary/aromatic N) is 2. The first-order valence-corrected chi connectivity index (χ1v) is 6.97. The third kappa shape index (κ3) is 2.95. The molecule has 3 rings (SSSR count). The quantitative estimate of drug-likeness (QED) is 0.657. The van der Waals surface area contributed by atoms with E-state index in [0.29, 0.717) is 22.2 Å². The Morgan fingerprint density at radius 1 is 1.48 bits per heavy atom. The van der Waals surface area contributed by atoms with E-state index in [-0.39, 0.29) is 12.5 Å². The first-order valence-electron chi connectivity index (χ1n) is 6.59. The number of hydrogen-bond acceptors (Lipinski definition) is 4. The summed E-state index contributed by atoms with van der Waals surface area (Å²) in [7, 11) is 0. The molecule has 1 aromatic heterocycles. The van der Waals surface area contributed by atoms with Crippen molar-refractivity contribution in [2.45, 2.75) is 25.4 Å². The second kappa shape index (κ2) is 5.65. The second-order valence-electron chi connectivity index (χ2n) is 4.93. The van der Waals surface area contributed by atoms with Gasteiger partial charge in [0.15, 0.2) is 0 Å². The zero-order valence-electron chi connectivity index (χ0n) is 11.1. The molecule has 7 heteroatoms. The number of aromatic nitrogens is 2. The van der Waals surface area contributed by atoms with Crippen LogP contribution in [0.15, 0.2) is 30.5 Å². The molecule has 1 heterocycles. The van der Waals surface area contributed by atoms with Crippen LogP contribution in [0.1, 0.15) is 40.2 Å². The Morgan fingerprint density at radius 2 is 2.29 bits per heavy atom. The van der Waals surface area contributed by atoms with Crippen molar-refractivity contribution in [1.82, 2.24) is 14.8 Å². The van der Waals surface area contributed by atoms with Crippen molar-refractivity contribution in [2.24, 2.45) is 0 Å². The van der Waals surface area contributed by atoms with Crippen LogP contribution in [-0.2, 0) is 6.61 Å². The molecule has 1 amide bonds. The number of hydrogen-bond donors (Lipinski definition) is 2. The molecule has 1 saturated carbocycles. The molecule has 6 nitrogen and oxygen atoms in total. The number of nitrogens with one attached hydrogen (secondary N) is 1. The summed E-state index contributed by atoms with van der Waals surface area (Å²) in [6.07, 6.45) is 3.60. The number of carbonyl (C=O) groups is 1. The largest absolute Gasteiger partial charge is 0.472 e. The highest BCUT2D eigenvalue weighted by Crippen LogP contribution is 2.42. The van der Waals surface area contributed by atoms with E-state index in [9.17, 15) is 4.79 Å².